The zero-order chi connectivity index (χ0) is 26.9. The minimum Gasteiger partial charge on any atom is -0.478 e. The van der Waals surface area contributed by atoms with Crippen molar-refractivity contribution in [3.8, 4) is 5.19 Å². The van der Waals surface area contributed by atoms with Gasteiger partial charge >= 0.3 is 5.97 Å². The van der Waals surface area contributed by atoms with E-state index in [2.05, 4.69) is 20.5 Å². The second kappa shape index (κ2) is 11.1. The number of carbonyl (C=O) groups is 1. The summed E-state index contributed by atoms with van der Waals surface area (Å²) in [5.41, 5.74) is 4.64. The Bertz CT molecular complexity index is 1560. The number of imidazole rings is 1. The molecule has 39 heavy (non-hydrogen) atoms. The number of carboxylic acids is 1. The number of carboxylic acid groups (broad SMARTS) is 1. The molecule has 202 valence electrons. The van der Waals surface area contributed by atoms with Crippen LogP contribution in [0.1, 0.15) is 40.3 Å². The number of ether oxygens (including phenoxy) is 2. The highest BCUT2D eigenvalue weighted by Crippen LogP contribution is 2.30. The molecule has 6 rings (SSSR count). The van der Waals surface area contributed by atoms with Gasteiger partial charge in [-0.3, -0.25) is 4.90 Å². The monoisotopic (exact) mass is 568 g/mol. The molecule has 0 aliphatic carbocycles. The number of rotatable bonds is 9. The Balaban J connectivity index is 1.13. The minimum atomic E-state index is -0.949. The van der Waals surface area contributed by atoms with E-state index in [1.165, 1.54) is 29.0 Å². The van der Waals surface area contributed by atoms with Crippen molar-refractivity contribution in [1.29, 1.82) is 0 Å². The van der Waals surface area contributed by atoms with Crippen molar-refractivity contribution in [2.75, 3.05) is 19.7 Å². The number of hydrogen-bond donors (Lipinski definition) is 1. The molecule has 4 aromatic rings. The van der Waals surface area contributed by atoms with Crippen LogP contribution in [0.5, 0.6) is 5.19 Å². The number of thiazole rings is 1. The highest BCUT2D eigenvalue weighted by atomic mass is 35.5. The number of hydrogen-bond acceptors (Lipinski definition) is 7. The molecule has 2 aliphatic rings. The molecule has 4 heterocycles. The van der Waals surface area contributed by atoms with E-state index in [1.54, 1.807) is 24.3 Å². The molecule has 2 aliphatic heterocycles. The average molecular weight is 569 g/mol. The molecular weight excluding hydrogens is 543 g/mol. The second-order valence-corrected chi connectivity index (χ2v) is 10.9. The molecule has 1 saturated heterocycles. The Morgan fingerprint density at radius 1 is 1.26 bits per heavy atom. The van der Waals surface area contributed by atoms with E-state index in [1.807, 2.05) is 5.38 Å². The van der Waals surface area contributed by atoms with Gasteiger partial charge in [-0.1, -0.05) is 35.1 Å². The van der Waals surface area contributed by atoms with E-state index in [0.29, 0.717) is 28.9 Å². The predicted molar refractivity (Wildman–Crippen MR) is 147 cm³/mol. The molecule has 0 radical (unpaired) electrons. The van der Waals surface area contributed by atoms with Crippen molar-refractivity contribution in [3.63, 3.8) is 0 Å². The predicted octanol–water partition coefficient (Wildman–Crippen LogP) is 5.64. The first-order valence-electron chi connectivity index (χ1n) is 12.7. The van der Waals surface area contributed by atoms with Gasteiger partial charge in [0.05, 0.1) is 46.5 Å². The van der Waals surface area contributed by atoms with Crippen LogP contribution in [0.2, 0.25) is 5.02 Å². The summed E-state index contributed by atoms with van der Waals surface area (Å²) in [4.78, 5) is 23.3. The van der Waals surface area contributed by atoms with Crippen molar-refractivity contribution < 1.29 is 23.8 Å². The molecule has 1 N–H and O–H groups in total. The van der Waals surface area contributed by atoms with Crippen LogP contribution in [0.25, 0.3) is 16.6 Å². The molecule has 0 bridgehead atoms. The summed E-state index contributed by atoms with van der Waals surface area (Å²) in [5.74, 6) is -0.422. The topological polar surface area (TPSA) is 89.7 Å². The SMILES string of the molecule is O=C(O)c1ccc2nc(CN3CC=C(c4csc(OCc5ccc(F)cc5Cl)n4)CC3)n(CC3CCO3)c2c1. The Labute approximate surface area is 233 Å². The summed E-state index contributed by atoms with van der Waals surface area (Å²) in [6.07, 6.45) is 4.14. The lowest BCUT2D eigenvalue weighted by Crippen LogP contribution is -2.33. The Kier molecular flexibility index (Phi) is 7.35. The lowest BCUT2D eigenvalue weighted by molar-refractivity contribution is -0.0591. The summed E-state index contributed by atoms with van der Waals surface area (Å²) >= 11 is 7.52. The molecule has 2 aromatic heterocycles. The van der Waals surface area contributed by atoms with Crippen molar-refractivity contribution in [1.82, 2.24) is 19.4 Å². The van der Waals surface area contributed by atoms with Crippen LogP contribution < -0.4 is 4.74 Å². The maximum atomic E-state index is 13.3. The third-order valence-electron chi connectivity index (χ3n) is 7.09. The van der Waals surface area contributed by atoms with Crippen LogP contribution in [0.4, 0.5) is 4.39 Å². The fourth-order valence-electron chi connectivity index (χ4n) is 4.80. The van der Waals surface area contributed by atoms with Gasteiger partial charge in [0.2, 0.25) is 0 Å². The molecule has 0 saturated carbocycles. The fourth-order valence-corrected chi connectivity index (χ4v) is 5.72. The minimum absolute atomic E-state index is 0.127. The van der Waals surface area contributed by atoms with E-state index < -0.39 is 5.97 Å². The number of aromatic nitrogens is 3. The van der Waals surface area contributed by atoms with Gasteiger partial charge in [0, 0.05) is 30.6 Å². The molecule has 11 heteroatoms. The molecule has 1 fully saturated rings. The van der Waals surface area contributed by atoms with Crippen LogP contribution in [0.3, 0.4) is 0 Å². The van der Waals surface area contributed by atoms with Gasteiger partial charge < -0.3 is 19.1 Å². The van der Waals surface area contributed by atoms with Gasteiger partial charge in [0.15, 0.2) is 0 Å². The van der Waals surface area contributed by atoms with E-state index in [0.717, 1.165) is 55.1 Å². The lowest BCUT2D eigenvalue weighted by Gasteiger charge is -2.29. The first-order valence-corrected chi connectivity index (χ1v) is 14.0. The van der Waals surface area contributed by atoms with Crippen LogP contribution in [0, 0.1) is 5.82 Å². The van der Waals surface area contributed by atoms with Crippen molar-refractivity contribution in [2.24, 2.45) is 0 Å². The highest BCUT2D eigenvalue weighted by Gasteiger charge is 2.24. The molecule has 8 nitrogen and oxygen atoms in total. The molecular formula is C28H26ClFN4O4S. The maximum absolute atomic E-state index is 13.3. The Morgan fingerprint density at radius 3 is 2.85 bits per heavy atom. The smallest absolute Gasteiger partial charge is 0.335 e. The number of benzene rings is 2. The van der Waals surface area contributed by atoms with Gasteiger partial charge in [-0.25, -0.2) is 19.2 Å². The van der Waals surface area contributed by atoms with Gasteiger partial charge in [-0.15, -0.1) is 0 Å². The average Bonchev–Trinajstić information content (AvgIpc) is 3.50. The zero-order valence-corrected chi connectivity index (χ0v) is 22.6. The number of halogens is 2. The van der Waals surface area contributed by atoms with E-state index in [9.17, 15) is 14.3 Å². The summed E-state index contributed by atoms with van der Waals surface area (Å²) in [6.45, 7) is 3.88. The summed E-state index contributed by atoms with van der Waals surface area (Å²) in [7, 11) is 0. The van der Waals surface area contributed by atoms with E-state index in [4.69, 9.17) is 26.1 Å². The van der Waals surface area contributed by atoms with Crippen LogP contribution in [0.15, 0.2) is 47.9 Å². The molecule has 0 amide bonds. The van der Waals surface area contributed by atoms with Crippen LogP contribution >= 0.6 is 22.9 Å². The third-order valence-corrected chi connectivity index (χ3v) is 8.19. The zero-order valence-electron chi connectivity index (χ0n) is 21.0. The van der Waals surface area contributed by atoms with E-state index in [-0.39, 0.29) is 24.1 Å². The Hall–Kier alpha value is -3.31. The highest BCUT2D eigenvalue weighted by molar-refractivity contribution is 7.11. The van der Waals surface area contributed by atoms with Gasteiger partial charge in [0.25, 0.3) is 5.19 Å². The molecule has 0 spiro atoms. The normalized spacial score (nSPS) is 17.7. The number of nitrogens with zero attached hydrogens (tertiary/aromatic N) is 4. The number of aromatic carboxylic acids is 1. The summed E-state index contributed by atoms with van der Waals surface area (Å²) in [5, 5.41) is 12.3. The lowest BCUT2D eigenvalue weighted by atomic mass is 10.1. The second-order valence-electron chi connectivity index (χ2n) is 9.67. The molecule has 1 atom stereocenters. The standard InChI is InChI=1S/C28H26ClFN4O4S/c29-22-12-20(30)3-1-19(22)15-38-28-32-24(16-39-28)17-5-8-33(9-6-17)14-26-31-23-4-2-18(27(35)36)11-25(23)34(26)13-21-7-10-37-21/h1-5,11-12,16,21H,6-10,13-15H2,(H,35,36). The maximum Gasteiger partial charge on any atom is 0.335 e. The van der Waals surface area contributed by atoms with Crippen LogP contribution in [-0.2, 0) is 24.4 Å². The van der Waals surface area contributed by atoms with E-state index >= 15 is 0 Å². The molecule has 1 unspecified atom stereocenters. The fraction of sp³-hybridized carbons (Fsp3) is 0.321. The van der Waals surface area contributed by atoms with Crippen molar-refractivity contribution >= 4 is 45.5 Å². The van der Waals surface area contributed by atoms with Gasteiger partial charge in [-0.2, -0.15) is 0 Å². The molecule has 2 aromatic carbocycles. The van der Waals surface area contributed by atoms with Gasteiger partial charge in [-0.05, 0) is 48.7 Å². The Morgan fingerprint density at radius 2 is 2.13 bits per heavy atom. The van der Waals surface area contributed by atoms with Crippen LogP contribution in [-0.4, -0.2) is 56.3 Å². The van der Waals surface area contributed by atoms with Crippen molar-refractivity contribution in [2.45, 2.75) is 38.6 Å². The largest absolute Gasteiger partial charge is 0.478 e. The summed E-state index contributed by atoms with van der Waals surface area (Å²) in [6, 6.07) is 9.33. The van der Waals surface area contributed by atoms with Gasteiger partial charge in [0.1, 0.15) is 18.2 Å². The first-order chi connectivity index (χ1) is 18.9. The quantitative estimate of drug-likeness (QED) is 0.279. The number of fused-ring (bicyclic) bond motifs is 1. The first kappa shape index (κ1) is 25.9. The van der Waals surface area contributed by atoms with Crippen molar-refractivity contribution in [3.05, 3.63) is 81.3 Å². The third kappa shape index (κ3) is 5.69. The summed E-state index contributed by atoms with van der Waals surface area (Å²) < 4.78 is 26.9.